The molecule has 88 valence electrons. The molecule has 0 saturated carbocycles. The van der Waals surface area contributed by atoms with Crippen molar-refractivity contribution in [1.29, 1.82) is 0 Å². The molecule has 6 heteroatoms. The number of aliphatic hydroxyl groups is 1. The third-order valence-electron chi connectivity index (χ3n) is 1.95. The van der Waals surface area contributed by atoms with E-state index in [2.05, 4.69) is 4.98 Å². The van der Waals surface area contributed by atoms with Gasteiger partial charge in [0, 0.05) is 11.8 Å². The molecule has 0 spiro atoms. The largest absolute Gasteiger partial charge is 0.462 e. The molecule has 0 aliphatic heterocycles. The molecule has 0 radical (unpaired) electrons. The summed E-state index contributed by atoms with van der Waals surface area (Å²) < 4.78 is 4.76. The number of alkyl halides is 1. The van der Waals surface area contributed by atoms with Crippen molar-refractivity contribution in [2.45, 2.75) is 13.0 Å². The number of aromatic amines is 1. The van der Waals surface area contributed by atoms with Crippen LogP contribution in [0.2, 0.25) is 0 Å². The van der Waals surface area contributed by atoms with Crippen molar-refractivity contribution in [3.05, 3.63) is 33.7 Å². The first-order valence-electron chi connectivity index (χ1n) is 4.74. The second-order valence-electron chi connectivity index (χ2n) is 3.06. The van der Waals surface area contributed by atoms with Crippen molar-refractivity contribution >= 4 is 17.6 Å². The van der Waals surface area contributed by atoms with E-state index in [1.807, 2.05) is 0 Å². The first kappa shape index (κ1) is 12.7. The Morgan fingerprint density at radius 1 is 1.69 bits per heavy atom. The zero-order valence-electron chi connectivity index (χ0n) is 8.70. The van der Waals surface area contributed by atoms with Crippen LogP contribution in [0.1, 0.15) is 28.9 Å². The molecule has 1 atom stereocenters. The Labute approximate surface area is 97.0 Å². The minimum atomic E-state index is -1.10. The molecule has 1 aromatic rings. The molecule has 1 rings (SSSR count). The van der Waals surface area contributed by atoms with Crippen molar-refractivity contribution in [1.82, 2.24) is 4.98 Å². The predicted octanol–water partition coefficient (Wildman–Crippen LogP) is 0.824. The monoisotopic (exact) mass is 245 g/mol. The topological polar surface area (TPSA) is 79.4 Å². The molecule has 1 unspecified atom stereocenters. The van der Waals surface area contributed by atoms with Gasteiger partial charge in [-0.1, -0.05) is 0 Å². The van der Waals surface area contributed by atoms with Crippen molar-refractivity contribution in [3.63, 3.8) is 0 Å². The lowest BCUT2D eigenvalue weighted by atomic mass is 10.1. The van der Waals surface area contributed by atoms with Crippen LogP contribution in [0, 0.1) is 0 Å². The third kappa shape index (κ3) is 2.84. The van der Waals surface area contributed by atoms with Crippen LogP contribution in [0.15, 0.2) is 17.1 Å². The molecule has 0 bridgehead atoms. The molecule has 1 aromatic heterocycles. The number of H-pyrrole nitrogens is 1. The summed E-state index contributed by atoms with van der Waals surface area (Å²) in [6.07, 6.45) is 0.143. The lowest BCUT2D eigenvalue weighted by Crippen LogP contribution is -2.19. The van der Waals surface area contributed by atoms with Crippen molar-refractivity contribution in [2.75, 3.05) is 12.5 Å². The zero-order valence-corrected chi connectivity index (χ0v) is 9.45. The number of aliphatic hydroxyl groups excluding tert-OH is 1. The van der Waals surface area contributed by atoms with E-state index < -0.39 is 17.6 Å². The van der Waals surface area contributed by atoms with Crippen LogP contribution in [-0.2, 0) is 4.74 Å². The molecule has 0 amide bonds. The number of carbonyl (C=O) groups excluding carboxylic acids is 1. The number of hydrogen-bond donors (Lipinski definition) is 2. The van der Waals surface area contributed by atoms with E-state index in [1.165, 1.54) is 12.3 Å². The number of hydrogen-bond acceptors (Lipinski definition) is 4. The van der Waals surface area contributed by atoms with Gasteiger partial charge in [0.2, 0.25) is 0 Å². The number of carbonyl (C=O) groups is 1. The fourth-order valence-corrected chi connectivity index (χ4v) is 1.33. The maximum atomic E-state index is 11.4. The molecule has 0 aromatic carbocycles. The summed E-state index contributed by atoms with van der Waals surface area (Å²) in [6.45, 7) is 1.92. The van der Waals surface area contributed by atoms with E-state index in [0.29, 0.717) is 0 Å². The molecule has 2 N–H and O–H groups in total. The van der Waals surface area contributed by atoms with Gasteiger partial charge in [0.25, 0.3) is 5.56 Å². The fourth-order valence-electron chi connectivity index (χ4n) is 1.16. The first-order chi connectivity index (χ1) is 7.60. The summed E-state index contributed by atoms with van der Waals surface area (Å²) >= 11 is 5.43. The molecule has 0 aliphatic carbocycles. The van der Waals surface area contributed by atoms with Crippen molar-refractivity contribution < 1.29 is 14.6 Å². The Kier molecular flexibility index (Phi) is 4.52. The van der Waals surface area contributed by atoms with Crippen molar-refractivity contribution in [3.8, 4) is 0 Å². The van der Waals surface area contributed by atoms with Gasteiger partial charge < -0.3 is 14.8 Å². The zero-order chi connectivity index (χ0) is 12.1. The molecular weight excluding hydrogens is 234 g/mol. The molecule has 1 heterocycles. The third-order valence-corrected chi connectivity index (χ3v) is 2.24. The first-order valence-corrected chi connectivity index (χ1v) is 5.27. The Bertz CT molecular complexity index is 429. The Hall–Kier alpha value is -1.33. The van der Waals surface area contributed by atoms with E-state index in [0.717, 1.165) is 0 Å². The number of nitrogens with one attached hydrogen (secondary N) is 1. The van der Waals surface area contributed by atoms with Crippen LogP contribution in [0.25, 0.3) is 0 Å². The van der Waals surface area contributed by atoms with Crippen molar-refractivity contribution in [2.24, 2.45) is 0 Å². The number of halogens is 1. The van der Waals surface area contributed by atoms with Gasteiger partial charge in [0.15, 0.2) is 0 Å². The van der Waals surface area contributed by atoms with Crippen LogP contribution < -0.4 is 5.56 Å². The molecule has 0 saturated heterocycles. The average Bonchev–Trinajstić information content (AvgIpc) is 2.29. The minimum absolute atomic E-state index is 0.0561. The minimum Gasteiger partial charge on any atom is -0.462 e. The van der Waals surface area contributed by atoms with Gasteiger partial charge in [0.05, 0.1) is 24.2 Å². The van der Waals surface area contributed by atoms with Crippen LogP contribution in [0.4, 0.5) is 0 Å². The summed E-state index contributed by atoms with van der Waals surface area (Å²) in [5.41, 5.74) is -0.234. The second-order valence-corrected chi connectivity index (χ2v) is 3.37. The Morgan fingerprint density at radius 2 is 2.38 bits per heavy atom. The number of rotatable bonds is 4. The predicted molar refractivity (Wildman–Crippen MR) is 58.7 cm³/mol. The Balaban J connectivity index is 3.07. The summed E-state index contributed by atoms with van der Waals surface area (Å²) in [5, 5.41) is 9.44. The Morgan fingerprint density at radius 3 is 2.94 bits per heavy atom. The summed E-state index contributed by atoms with van der Waals surface area (Å²) in [6, 6.07) is 1.28. The van der Waals surface area contributed by atoms with Crippen LogP contribution >= 0.6 is 11.6 Å². The van der Waals surface area contributed by atoms with Crippen LogP contribution in [0.5, 0.6) is 0 Å². The molecule has 5 nitrogen and oxygen atoms in total. The average molecular weight is 246 g/mol. The van der Waals surface area contributed by atoms with E-state index >= 15 is 0 Å². The molecule has 16 heavy (non-hydrogen) atoms. The quantitative estimate of drug-likeness (QED) is 0.608. The van der Waals surface area contributed by atoms with E-state index in [4.69, 9.17) is 16.3 Å². The highest BCUT2D eigenvalue weighted by Gasteiger charge is 2.14. The molecular formula is C10H12ClNO4. The van der Waals surface area contributed by atoms with E-state index in [-0.39, 0.29) is 23.6 Å². The highest BCUT2D eigenvalue weighted by atomic mass is 35.5. The lowest BCUT2D eigenvalue weighted by molar-refractivity contribution is 0.0525. The van der Waals surface area contributed by atoms with E-state index in [9.17, 15) is 14.7 Å². The van der Waals surface area contributed by atoms with Crippen LogP contribution in [0.3, 0.4) is 0 Å². The van der Waals surface area contributed by atoms with Gasteiger partial charge in [-0.05, 0) is 13.0 Å². The second kappa shape index (κ2) is 5.67. The molecule has 0 aliphatic rings. The van der Waals surface area contributed by atoms with E-state index in [1.54, 1.807) is 6.92 Å². The summed E-state index contributed by atoms with van der Waals surface area (Å²) in [5.74, 6) is -0.670. The lowest BCUT2D eigenvalue weighted by Gasteiger charge is -2.07. The summed E-state index contributed by atoms with van der Waals surface area (Å²) in [7, 11) is 0. The van der Waals surface area contributed by atoms with Gasteiger partial charge in [-0.2, -0.15) is 0 Å². The SMILES string of the molecule is CCOC(=O)c1c[nH]c(=O)c(C(O)CCl)c1. The number of aromatic nitrogens is 1. The van der Waals surface area contributed by atoms with Gasteiger partial charge in [0.1, 0.15) is 0 Å². The number of ether oxygens (including phenoxy) is 1. The molecule has 0 fully saturated rings. The number of esters is 1. The van der Waals surface area contributed by atoms with Gasteiger partial charge >= 0.3 is 5.97 Å². The standard InChI is InChI=1S/C10H12ClNO4/c1-2-16-10(15)6-3-7(8(13)4-11)9(14)12-5-6/h3,5,8,13H,2,4H2,1H3,(H,12,14). The normalized spacial score (nSPS) is 12.2. The maximum Gasteiger partial charge on any atom is 0.339 e. The summed E-state index contributed by atoms with van der Waals surface area (Å²) in [4.78, 5) is 25.0. The van der Waals surface area contributed by atoms with Gasteiger partial charge in [-0.3, -0.25) is 4.79 Å². The van der Waals surface area contributed by atoms with Gasteiger partial charge in [-0.15, -0.1) is 11.6 Å². The number of pyridine rings is 1. The van der Waals surface area contributed by atoms with Gasteiger partial charge in [-0.25, -0.2) is 4.79 Å². The highest BCUT2D eigenvalue weighted by molar-refractivity contribution is 6.18. The smallest absolute Gasteiger partial charge is 0.339 e. The van der Waals surface area contributed by atoms with Crippen LogP contribution in [-0.4, -0.2) is 28.5 Å². The maximum absolute atomic E-state index is 11.4. The highest BCUT2D eigenvalue weighted by Crippen LogP contribution is 2.11. The fraction of sp³-hybridized carbons (Fsp3) is 0.400.